The van der Waals surface area contributed by atoms with Gasteiger partial charge in [-0.15, -0.1) is 0 Å². The van der Waals surface area contributed by atoms with Crippen molar-refractivity contribution in [3.05, 3.63) is 35.9 Å². The van der Waals surface area contributed by atoms with Crippen molar-refractivity contribution < 1.29 is 4.74 Å². The Morgan fingerprint density at radius 1 is 1.15 bits per heavy atom. The SMILES string of the molecule is CC[C@@H](C)OC(C)c1ccccc1. The van der Waals surface area contributed by atoms with Crippen molar-refractivity contribution in [3.63, 3.8) is 0 Å². The summed E-state index contributed by atoms with van der Waals surface area (Å²) in [6.07, 6.45) is 1.61. The fraction of sp³-hybridized carbons (Fsp3) is 0.500. The van der Waals surface area contributed by atoms with Gasteiger partial charge in [0.25, 0.3) is 0 Å². The van der Waals surface area contributed by atoms with Crippen LogP contribution in [0, 0.1) is 0 Å². The fourth-order valence-corrected chi connectivity index (χ4v) is 1.25. The summed E-state index contributed by atoms with van der Waals surface area (Å²) in [5.74, 6) is 0. The predicted octanol–water partition coefficient (Wildman–Crippen LogP) is 3.56. The second kappa shape index (κ2) is 5.03. The van der Waals surface area contributed by atoms with E-state index >= 15 is 0 Å². The Labute approximate surface area is 80.7 Å². The van der Waals surface area contributed by atoms with Crippen LogP contribution in [0.15, 0.2) is 30.3 Å². The fourth-order valence-electron chi connectivity index (χ4n) is 1.25. The lowest BCUT2D eigenvalue weighted by molar-refractivity contribution is 0.00548. The first-order valence-electron chi connectivity index (χ1n) is 4.94. The van der Waals surface area contributed by atoms with Gasteiger partial charge in [0, 0.05) is 0 Å². The highest BCUT2D eigenvalue weighted by Gasteiger charge is 2.07. The van der Waals surface area contributed by atoms with Crippen molar-refractivity contribution in [2.45, 2.75) is 39.4 Å². The largest absolute Gasteiger partial charge is 0.371 e. The van der Waals surface area contributed by atoms with Crippen molar-refractivity contribution >= 4 is 0 Å². The van der Waals surface area contributed by atoms with Crippen LogP contribution in [0.25, 0.3) is 0 Å². The molecule has 0 spiro atoms. The van der Waals surface area contributed by atoms with E-state index in [4.69, 9.17) is 4.74 Å². The zero-order valence-corrected chi connectivity index (χ0v) is 8.66. The molecule has 0 aromatic heterocycles. The molecule has 1 nitrogen and oxygen atoms in total. The van der Waals surface area contributed by atoms with Crippen molar-refractivity contribution in [2.24, 2.45) is 0 Å². The summed E-state index contributed by atoms with van der Waals surface area (Å²) < 4.78 is 5.79. The van der Waals surface area contributed by atoms with Crippen LogP contribution in [0.5, 0.6) is 0 Å². The van der Waals surface area contributed by atoms with Gasteiger partial charge in [0.15, 0.2) is 0 Å². The van der Waals surface area contributed by atoms with Crippen LogP contribution in [-0.4, -0.2) is 6.10 Å². The first-order chi connectivity index (χ1) is 6.24. The monoisotopic (exact) mass is 178 g/mol. The Hall–Kier alpha value is -0.820. The molecule has 0 bridgehead atoms. The van der Waals surface area contributed by atoms with Gasteiger partial charge < -0.3 is 4.74 Å². The van der Waals surface area contributed by atoms with Gasteiger partial charge in [0.2, 0.25) is 0 Å². The molecule has 0 aliphatic rings. The summed E-state index contributed by atoms with van der Waals surface area (Å²) in [5.41, 5.74) is 1.25. The van der Waals surface area contributed by atoms with E-state index in [0.29, 0.717) is 6.10 Å². The minimum atomic E-state index is 0.205. The molecule has 0 radical (unpaired) electrons. The maximum absolute atomic E-state index is 5.79. The number of benzene rings is 1. The molecule has 1 aromatic rings. The zero-order valence-electron chi connectivity index (χ0n) is 8.66. The Balaban J connectivity index is 2.53. The molecule has 1 heteroatoms. The molecule has 1 aromatic carbocycles. The van der Waals surface area contributed by atoms with E-state index in [2.05, 4.69) is 32.9 Å². The number of ether oxygens (including phenoxy) is 1. The Morgan fingerprint density at radius 2 is 1.77 bits per heavy atom. The van der Waals surface area contributed by atoms with Crippen LogP contribution < -0.4 is 0 Å². The number of hydrogen-bond donors (Lipinski definition) is 0. The van der Waals surface area contributed by atoms with E-state index in [-0.39, 0.29) is 6.10 Å². The Bertz CT molecular complexity index is 230. The second-order valence-corrected chi connectivity index (χ2v) is 3.41. The number of hydrogen-bond acceptors (Lipinski definition) is 1. The topological polar surface area (TPSA) is 9.23 Å². The molecular weight excluding hydrogens is 160 g/mol. The quantitative estimate of drug-likeness (QED) is 0.685. The van der Waals surface area contributed by atoms with Crippen LogP contribution >= 0.6 is 0 Å². The van der Waals surface area contributed by atoms with Gasteiger partial charge in [-0.1, -0.05) is 37.3 Å². The van der Waals surface area contributed by atoms with Crippen molar-refractivity contribution in [3.8, 4) is 0 Å². The summed E-state index contributed by atoms with van der Waals surface area (Å²) in [5, 5.41) is 0. The average molecular weight is 178 g/mol. The summed E-state index contributed by atoms with van der Waals surface area (Å²) >= 11 is 0. The van der Waals surface area contributed by atoms with Crippen LogP contribution in [0.2, 0.25) is 0 Å². The van der Waals surface area contributed by atoms with Crippen LogP contribution in [0.1, 0.15) is 38.9 Å². The zero-order chi connectivity index (χ0) is 9.68. The van der Waals surface area contributed by atoms with Crippen molar-refractivity contribution in [1.82, 2.24) is 0 Å². The summed E-state index contributed by atoms with van der Waals surface area (Å²) in [6, 6.07) is 10.3. The van der Waals surface area contributed by atoms with E-state index in [1.54, 1.807) is 0 Å². The highest BCUT2D eigenvalue weighted by atomic mass is 16.5. The van der Waals surface area contributed by atoms with Crippen LogP contribution in [0.4, 0.5) is 0 Å². The molecule has 72 valence electrons. The normalized spacial score (nSPS) is 15.3. The Kier molecular flexibility index (Phi) is 3.97. The second-order valence-electron chi connectivity index (χ2n) is 3.41. The molecule has 1 unspecified atom stereocenters. The molecule has 0 N–H and O–H groups in total. The van der Waals surface area contributed by atoms with Gasteiger partial charge in [-0.05, 0) is 25.8 Å². The van der Waals surface area contributed by atoms with E-state index in [0.717, 1.165) is 6.42 Å². The van der Waals surface area contributed by atoms with Crippen LogP contribution in [0.3, 0.4) is 0 Å². The van der Waals surface area contributed by atoms with Gasteiger partial charge in [-0.3, -0.25) is 0 Å². The molecule has 0 aliphatic carbocycles. The first-order valence-corrected chi connectivity index (χ1v) is 4.94. The molecule has 0 amide bonds. The molecule has 2 atom stereocenters. The smallest absolute Gasteiger partial charge is 0.0800 e. The Morgan fingerprint density at radius 3 is 2.31 bits per heavy atom. The van der Waals surface area contributed by atoms with E-state index < -0.39 is 0 Å². The minimum absolute atomic E-state index is 0.205. The maximum Gasteiger partial charge on any atom is 0.0800 e. The van der Waals surface area contributed by atoms with E-state index in [9.17, 15) is 0 Å². The minimum Gasteiger partial charge on any atom is -0.371 e. The van der Waals surface area contributed by atoms with Crippen LogP contribution in [-0.2, 0) is 4.74 Å². The average Bonchev–Trinajstić information content (AvgIpc) is 2.19. The van der Waals surface area contributed by atoms with Crippen molar-refractivity contribution in [1.29, 1.82) is 0 Å². The van der Waals surface area contributed by atoms with Gasteiger partial charge in [0.05, 0.1) is 12.2 Å². The molecule has 0 aliphatic heterocycles. The third-order valence-electron chi connectivity index (χ3n) is 2.28. The highest BCUT2D eigenvalue weighted by Crippen LogP contribution is 2.18. The first kappa shape index (κ1) is 10.3. The third-order valence-corrected chi connectivity index (χ3v) is 2.28. The molecule has 0 saturated heterocycles. The molecule has 0 saturated carbocycles. The number of rotatable bonds is 4. The summed E-state index contributed by atoms with van der Waals surface area (Å²) in [6.45, 7) is 6.35. The maximum atomic E-state index is 5.79. The highest BCUT2D eigenvalue weighted by molar-refractivity contribution is 5.16. The predicted molar refractivity (Wildman–Crippen MR) is 55.7 cm³/mol. The molecule has 0 fully saturated rings. The van der Waals surface area contributed by atoms with Crippen molar-refractivity contribution in [2.75, 3.05) is 0 Å². The lowest BCUT2D eigenvalue weighted by Crippen LogP contribution is -2.10. The third kappa shape index (κ3) is 3.19. The molecular formula is C12H18O. The van der Waals surface area contributed by atoms with E-state index in [1.165, 1.54) is 5.56 Å². The summed E-state index contributed by atoms with van der Waals surface area (Å²) in [4.78, 5) is 0. The lowest BCUT2D eigenvalue weighted by atomic mass is 10.1. The van der Waals surface area contributed by atoms with Gasteiger partial charge in [-0.2, -0.15) is 0 Å². The summed E-state index contributed by atoms with van der Waals surface area (Å²) in [7, 11) is 0. The molecule has 1 rings (SSSR count). The van der Waals surface area contributed by atoms with Gasteiger partial charge >= 0.3 is 0 Å². The molecule has 0 heterocycles. The lowest BCUT2D eigenvalue weighted by Gasteiger charge is -2.18. The van der Waals surface area contributed by atoms with Gasteiger partial charge in [-0.25, -0.2) is 0 Å². The molecule has 13 heavy (non-hydrogen) atoms. The van der Waals surface area contributed by atoms with Gasteiger partial charge in [0.1, 0.15) is 0 Å². The van der Waals surface area contributed by atoms with E-state index in [1.807, 2.05) is 18.2 Å². The standard InChI is InChI=1S/C12H18O/c1-4-10(2)13-11(3)12-8-6-5-7-9-12/h5-11H,4H2,1-3H3/t10-,11?/m1/s1.